The van der Waals surface area contributed by atoms with Crippen molar-refractivity contribution in [3.05, 3.63) is 23.8 Å². The van der Waals surface area contributed by atoms with E-state index < -0.39 is 0 Å². The van der Waals surface area contributed by atoms with Crippen LogP contribution < -0.4 is 14.9 Å². The van der Waals surface area contributed by atoms with Gasteiger partial charge in [0.15, 0.2) is 18.1 Å². The summed E-state index contributed by atoms with van der Waals surface area (Å²) in [4.78, 5) is 11.6. The number of carbonyl (C=O) groups excluding carboxylic acids is 1. The Morgan fingerprint density at radius 2 is 2.29 bits per heavy atom. The first kappa shape index (κ1) is 15.4. The molecule has 0 saturated heterocycles. The van der Waals surface area contributed by atoms with Gasteiger partial charge in [0.2, 0.25) is 0 Å². The normalized spacial score (nSPS) is 15.9. The summed E-state index contributed by atoms with van der Waals surface area (Å²) in [7, 11) is 0. The number of carbonyl (C=O) groups is 1. The summed E-state index contributed by atoms with van der Waals surface area (Å²) >= 11 is 0. The molecule has 1 amide bonds. The summed E-state index contributed by atoms with van der Waals surface area (Å²) in [6.07, 6.45) is 2.51. The van der Waals surface area contributed by atoms with Crippen LogP contribution in [-0.4, -0.2) is 24.3 Å². The van der Waals surface area contributed by atoms with Gasteiger partial charge in [-0.15, -0.1) is 0 Å². The second-order valence-corrected chi connectivity index (χ2v) is 6.13. The van der Waals surface area contributed by atoms with E-state index >= 15 is 0 Å². The minimum Gasteiger partial charge on any atom is -0.483 e. The number of ether oxygens (including phenoxy) is 2. The molecule has 1 aliphatic heterocycles. The van der Waals surface area contributed by atoms with E-state index in [4.69, 9.17) is 9.47 Å². The van der Waals surface area contributed by atoms with Crippen LogP contribution >= 0.6 is 0 Å². The summed E-state index contributed by atoms with van der Waals surface area (Å²) in [5, 5.41) is 3.84. The van der Waals surface area contributed by atoms with Crippen molar-refractivity contribution in [1.82, 2.24) is 5.43 Å². The number of benzene rings is 1. The summed E-state index contributed by atoms with van der Waals surface area (Å²) in [6.45, 7) is 7.95. The first-order valence-electron chi connectivity index (χ1n) is 7.13. The lowest BCUT2D eigenvalue weighted by Gasteiger charge is -2.18. The molecule has 2 rings (SSSR count). The molecule has 0 saturated carbocycles. The second kappa shape index (κ2) is 6.16. The lowest BCUT2D eigenvalue weighted by molar-refractivity contribution is -0.123. The fourth-order valence-corrected chi connectivity index (χ4v) is 2.13. The van der Waals surface area contributed by atoms with Gasteiger partial charge >= 0.3 is 0 Å². The van der Waals surface area contributed by atoms with E-state index in [1.54, 1.807) is 6.21 Å². The van der Waals surface area contributed by atoms with Crippen molar-refractivity contribution in [2.45, 2.75) is 39.7 Å². The molecule has 1 heterocycles. The molecule has 1 aromatic rings. The van der Waals surface area contributed by atoms with E-state index in [0.717, 1.165) is 17.7 Å². The van der Waals surface area contributed by atoms with Gasteiger partial charge in [0.05, 0.1) is 0 Å². The Morgan fingerprint density at radius 1 is 1.52 bits per heavy atom. The Bertz CT molecular complexity index is 550. The van der Waals surface area contributed by atoms with Crippen LogP contribution in [-0.2, 0) is 11.2 Å². The molecule has 0 aliphatic carbocycles. The first-order chi connectivity index (χ1) is 9.87. The van der Waals surface area contributed by atoms with E-state index in [0.29, 0.717) is 11.7 Å². The standard InChI is InChI=1S/C16H22N2O3/c1-11(2)9-17-18-14(19)10-20-13-7-5-6-12-8-16(3,4)21-15(12)13/h5-7,9,11H,8,10H2,1-4H3,(H,18,19)/b17-9+. The van der Waals surface area contributed by atoms with Crippen molar-refractivity contribution in [2.24, 2.45) is 11.0 Å². The van der Waals surface area contributed by atoms with E-state index in [-0.39, 0.29) is 18.1 Å². The molecule has 1 aromatic carbocycles. The maximum atomic E-state index is 11.6. The molecule has 0 spiro atoms. The number of hydrazone groups is 1. The van der Waals surface area contributed by atoms with Crippen molar-refractivity contribution in [2.75, 3.05) is 6.61 Å². The Morgan fingerprint density at radius 3 is 3.00 bits per heavy atom. The van der Waals surface area contributed by atoms with Crippen LogP contribution in [0.2, 0.25) is 0 Å². The molecule has 0 unspecified atom stereocenters. The lowest BCUT2D eigenvalue weighted by Crippen LogP contribution is -2.26. The predicted octanol–water partition coefficient (Wildman–Crippen LogP) is 2.54. The van der Waals surface area contributed by atoms with Crippen molar-refractivity contribution in [3.8, 4) is 11.5 Å². The molecule has 0 aromatic heterocycles. The molecule has 5 nitrogen and oxygen atoms in total. The van der Waals surface area contributed by atoms with Gasteiger partial charge in [-0.1, -0.05) is 26.0 Å². The van der Waals surface area contributed by atoms with Crippen molar-refractivity contribution < 1.29 is 14.3 Å². The molecule has 5 heteroatoms. The number of hydrogen-bond donors (Lipinski definition) is 1. The number of hydrogen-bond acceptors (Lipinski definition) is 4. The van der Waals surface area contributed by atoms with Gasteiger partial charge in [0, 0.05) is 18.2 Å². The van der Waals surface area contributed by atoms with Gasteiger partial charge in [0.1, 0.15) is 5.60 Å². The summed E-state index contributed by atoms with van der Waals surface area (Å²) in [6, 6.07) is 5.74. The number of nitrogens with zero attached hydrogens (tertiary/aromatic N) is 1. The zero-order valence-electron chi connectivity index (χ0n) is 13.0. The first-order valence-corrected chi connectivity index (χ1v) is 7.13. The third-order valence-electron chi connectivity index (χ3n) is 2.98. The highest BCUT2D eigenvalue weighted by Crippen LogP contribution is 2.41. The molecule has 0 radical (unpaired) electrons. The van der Waals surface area contributed by atoms with Crippen molar-refractivity contribution in [3.63, 3.8) is 0 Å². The van der Waals surface area contributed by atoms with Gasteiger partial charge in [-0.2, -0.15) is 5.10 Å². The van der Waals surface area contributed by atoms with Crippen molar-refractivity contribution >= 4 is 12.1 Å². The smallest absolute Gasteiger partial charge is 0.277 e. The van der Waals surface area contributed by atoms with Gasteiger partial charge < -0.3 is 9.47 Å². The average molecular weight is 290 g/mol. The molecular weight excluding hydrogens is 268 g/mol. The van der Waals surface area contributed by atoms with Crippen LogP contribution in [0.5, 0.6) is 11.5 Å². The van der Waals surface area contributed by atoms with Crippen LogP contribution in [0.1, 0.15) is 33.3 Å². The van der Waals surface area contributed by atoms with Crippen LogP contribution in [0.3, 0.4) is 0 Å². The van der Waals surface area contributed by atoms with E-state index in [1.807, 2.05) is 45.9 Å². The van der Waals surface area contributed by atoms with Crippen LogP contribution in [0.15, 0.2) is 23.3 Å². The van der Waals surface area contributed by atoms with Gasteiger partial charge in [-0.25, -0.2) is 5.43 Å². The number of nitrogens with one attached hydrogen (secondary N) is 1. The summed E-state index contributed by atoms with van der Waals surface area (Å²) in [5.74, 6) is 1.34. The zero-order chi connectivity index (χ0) is 15.5. The maximum absolute atomic E-state index is 11.6. The van der Waals surface area contributed by atoms with Gasteiger partial charge in [0.25, 0.3) is 5.91 Å². The molecular formula is C16H22N2O3. The Kier molecular flexibility index (Phi) is 4.50. The van der Waals surface area contributed by atoms with Crippen LogP contribution in [0, 0.1) is 5.92 Å². The maximum Gasteiger partial charge on any atom is 0.277 e. The van der Waals surface area contributed by atoms with Gasteiger partial charge in [-0.3, -0.25) is 4.79 Å². The number of fused-ring (bicyclic) bond motifs is 1. The third kappa shape index (κ3) is 4.21. The quantitative estimate of drug-likeness (QED) is 0.669. The van der Waals surface area contributed by atoms with E-state index in [2.05, 4.69) is 10.5 Å². The minimum atomic E-state index is -0.290. The summed E-state index contributed by atoms with van der Waals surface area (Å²) in [5.41, 5.74) is 3.31. The SMILES string of the molecule is CC(C)/C=N/NC(=O)COc1cccc2c1OC(C)(C)C2. The Balaban J connectivity index is 1.94. The third-order valence-corrected chi connectivity index (χ3v) is 2.98. The Labute approximate surface area is 125 Å². The molecule has 21 heavy (non-hydrogen) atoms. The zero-order valence-corrected chi connectivity index (χ0v) is 13.0. The molecule has 1 aliphatic rings. The Hall–Kier alpha value is -2.04. The highest BCUT2D eigenvalue weighted by Gasteiger charge is 2.32. The molecule has 1 N–H and O–H groups in total. The van der Waals surface area contributed by atoms with Gasteiger partial charge in [-0.05, 0) is 25.8 Å². The lowest BCUT2D eigenvalue weighted by atomic mass is 10.0. The average Bonchev–Trinajstić information content (AvgIpc) is 2.70. The van der Waals surface area contributed by atoms with Crippen molar-refractivity contribution in [1.29, 1.82) is 0 Å². The monoisotopic (exact) mass is 290 g/mol. The predicted molar refractivity (Wildman–Crippen MR) is 81.8 cm³/mol. The highest BCUT2D eigenvalue weighted by atomic mass is 16.5. The fourth-order valence-electron chi connectivity index (χ4n) is 2.13. The summed E-state index contributed by atoms with van der Waals surface area (Å²) < 4.78 is 11.4. The molecule has 0 bridgehead atoms. The van der Waals surface area contributed by atoms with Crippen LogP contribution in [0.4, 0.5) is 0 Å². The largest absolute Gasteiger partial charge is 0.483 e. The number of rotatable bonds is 5. The van der Waals surface area contributed by atoms with Crippen LogP contribution in [0.25, 0.3) is 0 Å². The molecule has 0 atom stereocenters. The topological polar surface area (TPSA) is 59.9 Å². The highest BCUT2D eigenvalue weighted by molar-refractivity contribution is 5.78. The number of amides is 1. The minimum absolute atomic E-state index is 0.0876. The molecule has 0 fully saturated rings. The molecule has 114 valence electrons. The van der Waals surface area contributed by atoms with E-state index in [1.165, 1.54) is 0 Å². The second-order valence-electron chi connectivity index (χ2n) is 6.13. The van der Waals surface area contributed by atoms with E-state index in [9.17, 15) is 4.79 Å². The fraction of sp³-hybridized carbons (Fsp3) is 0.500. The number of para-hydroxylation sites is 1.